The molecule has 9 nitrogen and oxygen atoms in total. The van der Waals surface area contributed by atoms with Crippen LogP contribution < -0.4 is 14.2 Å². The Labute approximate surface area is 194 Å². The van der Waals surface area contributed by atoms with Gasteiger partial charge in [0.25, 0.3) is 5.91 Å². The predicted octanol–water partition coefficient (Wildman–Crippen LogP) is 2.29. The number of ether oxygens (including phenoxy) is 3. The van der Waals surface area contributed by atoms with Crippen LogP contribution in [0.5, 0.6) is 17.2 Å². The van der Waals surface area contributed by atoms with E-state index in [1.165, 1.54) is 0 Å². The number of amides is 2. The van der Waals surface area contributed by atoms with Gasteiger partial charge in [-0.2, -0.15) is 5.10 Å². The largest absolute Gasteiger partial charge is 0.493 e. The van der Waals surface area contributed by atoms with Crippen LogP contribution in [0.4, 0.5) is 0 Å². The molecule has 0 atom stereocenters. The summed E-state index contributed by atoms with van der Waals surface area (Å²) in [4.78, 5) is 30.0. The highest BCUT2D eigenvalue weighted by Crippen LogP contribution is 2.38. The Hall–Kier alpha value is -3.23. The normalized spacial score (nSPS) is 15.4. The Kier molecular flexibility index (Phi) is 6.76. The summed E-state index contributed by atoms with van der Waals surface area (Å²) in [5, 5.41) is 4.64. The number of carbonyl (C=O) groups is 2. The van der Waals surface area contributed by atoms with Gasteiger partial charge in [0.05, 0.1) is 27.8 Å². The lowest BCUT2D eigenvalue weighted by molar-refractivity contribution is -0.131. The first-order chi connectivity index (χ1) is 16.0. The second kappa shape index (κ2) is 9.72. The third-order valence-electron chi connectivity index (χ3n) is 6.46. The Morgan fingerprint density at radius 2 is 1.64 bits per heavy atom. The zero-order chi connectivity index (χ0) is 23.5. The molecule has 2 aliphatic heterocycles. The van der Waals surface area contributed by atoms with Gasteiger partial charge in [-0.05, 0) is 37.5 Å². The van der Waals surface area contributed by atoms with Gasteiger partial charge in [-0.25, -0.2) is 0 Å². The van der Waals surface area contributed by atoms with Gasteiger partial charge in [0.1, 0.15) is 0 Å². The molecule has 0 N–H and O–H groups in total. The van der Waals surface area contributed by atoms with E-state index < -0.39 is 0 Å². The number of fused-ring (bicyclic) bond motifs is 1. The number of benzene rings is 1. The summed E-state index contributed by atoms with van der Waals surface area (Å²) in [5.41, 5.74) is 3.23. The molecule has 2 aromatic rings. The second-order valence-electron chi connectivity index (χ2n) is 8.36. The molecule has 0 spiro atoms. The highest BCUT2D eigenvalue weighted by atomic mass is 16.5. The minimum atomic E-state index is -0.0186. The fraction of sp³-hybridized carbons (Fsp3) is 0.542. The Bertz CT molecular complexity index is 1020. The van der Waals surface area contributed by atoms with Gasteiger partial charge in [0, 0.05) is 50.4 Å². The molecule has 3 heterocycles. The molecule has 2 amide bonds. The third-order valence-corrected chi connectivity index (χ3v) is 6.46. The third kappa shape index (κ3) is 4.36. The van der Waals surface area contributed by atoms with Crippen molar-refractivity contribution in [1.82, 2.24) is 19.6 Å². The molecule has 1 fully saturated rings. The van der Waals surface area contributed by atoms with Crippen LogP contribution in [0.15, 0.2) is 12.1 Å². The molecule has 0 aliphatic carbocycles. The lowest BCUT2D eigenvalue weighted by Crippen LogP contribution is -2.38. The SMILES string of the molecule is CCn1nc(C(=O)N2CCCC2)c2c1CCN(C(=O)Cc1cc(OC)c(OC)c(OC)c1)C2. The van der Waals surface area contributed by atoms with Crippen molar-refractivity contribution >= 4 is 11.8 Å². The average Bonchev–Trinajstić information content (AvgIpc) is 3.50. The minimum Gasteiger partial charge on any atom is -0.493 e. The highest BCUT2D eigenvalue weighted by Gasteiger charge is 2.32. The van der Waals surface area contributed by atoms with Gasteiger partial charge < -0.3 is 24.0 Å². The number of aryl methyl sites for hydroxylation is 1. The molecule has 0 saturated carbocycles. The molecule has 4 rings (SSSR count). The lowest BCUT2D eigenvalue weighted by atomic mass is 10.0. The molecule has 1 saturated heterocycles. The first kappa shape index (κ1) is 22.9. The minimum absolute atomic E-state index is 0.0151. The zero-order valence-electron chi connectivity index (χ0n) is 19.8. The molecule has 2 aliphatic rings. The number of likely N-dealkylation sites (tertiary alicyclic amines) is 1. The van der Waals surface area contributed by atoms with Crippen LogP contribution >= 0.6 is 0 Å². The fourth-order valence-electron chi connectivity index (χ4n) is 4.73. The van der Waals surface area contributed by atoms with Crippen LogP contribution in [0.3, 0.4) is 0 Å². The predicted molar refractivity (Wildman–Crippen MR) is 122 cm³/mol. The zero-order valence-corrected chi connectivity index (χ0v) is 19.8. The van der Waals surface area contributed by atoms with E-state index in [4.69, 9.17) is 14.2 Å². The first-order valence-corrected chi connectivity index (χ1v) is 11.4. The van der Waals surface area contributed by atoms with Crippen LogP contribution in [0.2, 0.25) is 0 Å². The molecular formula is C24H32N4O5. The van der Waals surface area contributed by atoms with E-state index in [1.807, 2.05) is 21.4 Å². The summed E-state index contributed by atoms with van der Waals surface area (Å²) < 4.78 is 18.1. The van der Waals surface area contributed by atoms with Gasteiger partial charge in [-0.15, -0.1) is 0 Å². The van der Waals surface area contributed by atoms with E-state index in [1.54, 1.807) is 33.5 Å². The number of aromatic nitrogens is 2. The van der Waals surface area contributed by atoms with E-state index >= 15 is 0 Å². The lowest BCUT2D eigenvalue weighted by Gasteiger charge is -2.28. The van der Waals surface area contributed by atoms with Gasteiger partial charge >= 0.3 is 0 Å². The van der Waals surface area contributed by atoms with Crippen LogP contribution in [0.1, 0.15) is 47.1 Å². The van der Waals surface area contributed by atoms with E-state index in [0.717, 1.165) is 42.8 Å². The molecule has 33 heavy (non-hydrogen) atoms. The monoisotopic (exact) mass is 456 g/mol. The number of rotatable bonds is 7. The summed E-state index contributed by atoms with van der Waals surface area (Å²) in [7, 11) is 4.66. The molecule has 0 unspecified atom stereocenters. The molecule has 1 aromatic carbocycles. The van der Waals surface area contributed by atoms with Crippen LogP contribution in [0.25, 0.3) is 0 Å². The van der Waals surface area contributed by atoms with Crippen molar-refractivity contribution in [1.29, 1.82) is 0 Å². The number of hydrogen-bond acceptors (Lipinski definition) is 6. The number of nitrogens with zero attached hydrogens (tertiary/aromatic N) is 4. The van der Waals surface area contributed by atoms with Gasteiger partial charge in [0.15, 0.2) is 17.2 Å². The maximum atomic E-state index is 13.2. The van der Waals surface area contributed by atoms with Crippen molar-refractivity contribution < 1.29 is 23.8 Å². The summed E-state index contributed by atoms with van der Waals surface area (Å²) in [6.07, 6.45) is 2.94. The molecule has 178 valence electrons. The van der Waals surface area contributed by atoms with Crippen LogP contribution in [-0.2, 0) is 30.7 Å². The summed E-state index contributed by atoms with van der Waals surface area (Å²) in [5.74, 6) is 1.50. The molecule has 9 heteroatoms. The van der Waals surface area contributed by atoms with E-state index in [0.29, 0.717) is 49.0 Å². The maximum Gasteiger partial charge on any atom is 0.274 e. The van der Waals surface area contributed by atoms with Crippen molar-refractivity contribution in [2.24, 2.45) is 0 Å². The average molecular weight is 457 g/mol. The molecular weight excluding hydrogens is 424 g/mol. The fourth-order valence-corrected chi connectivity index (χ4v) is 4.73. The van der Waals surface area contributed by atoms with E-state index in [-0.39, 0.29) is 18.2 Å². The van der Waals surface area contributed by atoms with Crippen molar-refractivity contribution in [2.45, 2.75) is 45.7 Å². The molecule has 1 aromatic heterocycles. The van der Waals surface area contributed by atoms with Gasteiger partial charge in [-0.3, -0.25) is 14.3 Å². The van der Waals surface area contributed by atoms with Crippen LogP contribution in [0, 0.1) is 0 Å². The van der Waals surface area contributed by atoms with Crippen molar-refractivity contribution in [3.8, 4) is 17.2 Å². The number of methoxy groups -OCH3 is 3. The van der Waals surface area contributed by atoms with E-state index in [2.05, 4.69) is 5.10 Å². The first-order valence-electron chi connectivity index (χ1n) is 11.4. The number of hydrogen-bond donors (Lipinski definition) is 0. The second-order valence-corrected chi connectivity index (χ2v) is 8.36. The van der Waals surface area contributed by atoms with Gasteiger partial charge in [-0.1, -0.05) is 0 Å². The Morgan fingerprint density at radius 3 is 2.21 bits per heavy atom. The summed E-state index contributed by atoms with van der Waals surface area (Å²) in [6.45, 7) is 5.27. The quantitative estimate of drug-likeness (QED) is 0.636. The van der Waals surface area contributed by atoms with Crippen LogP contribution in [-0.4, -0.2) is 72.4 Å². The smallest absolute Gasteiger partial charge is 0.274 e. The molecule has 0 radical (unpaired) electrons. The topological polar surface area (TPSA) is 86.1 Å². The summed E-state index contributed by atoms with van der Waals surface area (Å²) in [6, 6.07) is 3.60. The van der Waals surface area contributed by atoms with Crippen molar-refractivity contribution in [3.63, 3.8) is 0 Å². The van der Waals surface area contributed by atoms with Crippen molar-refractivity contribution in [2.75, 3.05) is 41.0 Å². The van der Waals surface area contributed by atoms with Gasteiger partial charge in [0.2, 0.25) is 11.7 Å². The number of carbonyl (C=O) groups excluding carboxylic acids is 2. The standard InChI is InChI=1S/C24H32N4O5/c1-5-28-18-8-11-27(15-17(18)22(25-28)24(30)26-9-6-7-10-26)21(29)14-16-12-19(31-2)23(33-4)20(13-16)32-3/h12-13H,5-11,14-15H2,1-4H3. The Balaban J connectivity index is 1.56. The Morgan fingerprint density at radius 1 is 0.970 bits per heavy atom. The molecule has 0 bridgehead atoms. The maximum absolute atomic E-state index is 13.2. The summed E-state index contributed by atoms with van der Waals surface area (Å²) >= 11 is 0. The highest BCUT2D eigenvalue weighted by molar-refractivity contribution is 5.94. The van der Waals surface area contributed by atoms with Crippen molar-refractivity contribution in [3.05, 3.63) is 34.6 Å². The van der Waals surface area contributed by atoms with E-state index in [9.17, 15) is 9.59 Å².